The maximum atomic E-state index is 5.85. The van der Waals surface area contributed by atoms with Crippen molar-refractivity contribution in [3.8, 4) is 0 Å². The Kier molecular flexibility index (Phi) is 6.50. The van der Waals surface area contributed by atoms with E-state index in [1.807, 2.05) is 0 Å². The first-order chi connectivity index (χ1) is 8.01. The van der Waals surface area contributed by atoms with Gasteiger partial charge in [0, 0.05) is 12.6 Å². The lowest BCUT2D eigenvalue weighted by molar-refractivity contribution is 0.00419. The van der Waals surface area contributed by atoms with Crippen molar-refractivity contribution in [2.45, 2.75) is 78.4 Å². The summed E-state index contributed by atoms with van der Waals surface area (Å²) in [6.07, 6.45) is 8.14. The van der Waals surface area contributed by atoms with Gasteiger partial charge in [0.15, 0.2) is 0 Å². The van der Waals surface area contributed by atoms with Crippen LogP contribution in [0, 0.1) is 5.41 Å². The minimum absolute atomic E-state index is 0.446. The van der Waals surface area contributed by atoms with Crippen molar-refractivity contribution in [2.24, 2.45) is 5.41 Å². The Morgan fingerprint density at radius 3 is 2.59 bits per heavy atom. The van der Waals surface area contributed by atoms with Crippen LogP contribution in [-0.2, 0) is 4.74 Å². The van der Waals surface area contributed by atoms with Gasteiger partial charge in [0.25, 0.3) is 0 Å². The third-order valence-corrected chi connectivity index (χ3v) is 3.56. The van der Waals surface area contributed by atoms with E-state index < -0.39 is 0 Å². The quantitative estimate of drug-likeness (QED) is 0.764. The smallest absolute Gasteiger partial charge is 0.0590 e. The number of hydrogen-bond acceptors (Lipinski definition) is 2. The van der Waals surface area contributed by atoms with E-state index in [4.69, 9.17) is 4.74 Å². The molecule has 1 aliphatic rings. The van der Waals surface area contributed by atoms with Gasteiger partial charge in [0.05, 0.1) is 6.10 Å². The first-order valence-electron chi connectivity index (χ1n) is 7.36. The zero-order valence-electron chi connectivity index (χ0n) is 12.2. The Morgan fingerprint density at radius 2 is 2.06 bits per heavy atom. The van der Waals surface area contributed by atoms with E-state index in [1.54, 1.807) is 0 Å². The largest absolute Gasteiger partial charge is 0.378 e. The Labute approximate surface area is 108 Å². The first kappa shape index (κ1) is 15.0. The summed E-state index contributed by atoms with van der Waals surface area (Å²) in [5, 5.41) is 3.62. The molecule has 2 nitrogen and oxygen atoms in total. The van der Waals surface area contributed by atoms with Crippen LogP contribution in [0.3, 0.4) is 0 Å². The number of hydrogen-bond donors (Lipinski definition) is 1. The molecular formula is C15H31NO. The average molecular weight is 241 g/mol. The summed E-state index contributed by atoms with van der Waals surface area (Å²) in [6.45, 7) is 11.2. The fourth-order valence-electron chi connectivity index (χ4n) is 2.51. The van der Waals surface area contributed by atoms with Gasteiger partial charge in [-0.3, -0.25) is 0 Å². The van der Waals surface area contributed by atoms with Crippen molar-refractivity contribution in [1.29, 1.82) is 0 Å². The minimum Gasteiger partial charge on any atom is -0.378 e. The molecule has 0 aromatic heterocycles. The summed E-state index contributed by atoms with van der Waals surface area (Å²) < 4.78 is 5.85. The Morgan fingerprint density at radius 1 is 1.29 bits per heavy atom. The summed E-state index contributed by atoms with van der Waals surface area (Å²) in [4.78, 5) is 0. The molecule has 0 aromatic carbocycles. The van der Waals surface area contributed by atoms with E-state index in [2.05, 4.69) is 33.0 Å². The van der Waals surface area contributed by atoms with Crippen molar-refractivity contribution < 1.29 is 4.74 Å². The predicted octanol–water partition coefficient (Wildman–Crippen LogP) is 3.75. The van der Waals surface area contributed by atoms with Crippen molar-refractivity contribution in [1.82, 2.24) is 5.32 Å². The van der Waals surface area contributed by atoms with Gasteiger partial charge in [-0.2, -0.15) is 0 Å². The van der Waals surface area contributed by atoms with Crippen LogP contribution in [0.4, 0.5) is 0 Å². The molecule has 0 aliphatic carbocycles. The van der Waals surface area contributed by atoms with Gasteiger partial charge in [0.1, 0.15) is 0 Å². The maximum absolute atomic E-state index is 5.85. The summed E-state index contributed by atoms with van der Waals surface area (Å²) in [5.74, 6) is 0. The molecule has 0 bridgehead atoms. The molecule has 2 unspecified atom stereocenters. The molecule has 1 rings (SSSR count). The van der Waals surface area contributed by atoms with Gasteiger partial charge in [0.2, 0.25) is 0 Å². The molecule has 1 heterocycles. The molecule has 102 valence electrons. The number of ether oxygens (including phenoxy) is 1. The lowest BCUT2D eigenvalue weighted by Gasteiger charge is -2.29. The number of rotatable bonds is 6. The Balaban J connectivity index is 2.31. The van der Waals surface area contributed by atoms with Crippen LogP contribution in [0.1, 0.15) is 66.2 Å². The summed E-state index contributed by atoms with van der Waals surface area (Å²) >= 11 is 0. The van der Waals surface area contributed by atoms with Gasteiger partial charge in [-0.1, -0.05) is 27.7 Å². The van der Waals surface area contributed by atoms with Crippen LogP contribution in [0.2, 0.25) is 0 Å². The highest BCUT2D eigenvalue weighted by molar-refractivity contribution is 4.76. The second kappa shape index (κ2) is 7.38. The third kappa shape index (κ3) is 7.05. The average Bonchev–Trinajstić information content (AvgIpc) is 2.27. The molecule has 0 radical (unpaired) electrons. The van der Waals surface area contributed by atoms with Crippen molar-refractivity contribution in [2.75, 3.05) is 13.2 Å². The van der Waals surface area contributed by atoms with E-state index in [1.165, 1.54) is 38.5 Å². The zero-order chi connectivity index (χ0) is 12.7. The molecule has 17 heavy (non-hydrogen) atoms. The highest BCUT2D eigenvalue weighted by Gasteiger charge is 2.20. The minimum atomic E-state index is 0.446. The summed E-state index contributed by atoms with van der Waals surface area (Å²) in [7, 11) is 0. The van der Waals surface area contributed by atoms with Crippen molar-refractivity contribution in [3.63, 3.8) is 0 Å². The summed E-state index contributed by atoms with van der Waals surface area (Å²) in [5.41, 5.74) is 0.446. The van der Waals surface area contributed by atoms with Gasteiger partial charge in [-0.05, 0) is 50.5 Å². The molecule has 0 aromatic rings. The Bertz CT molecular complexity index is 192. The molecular weight excluding hydrogens is 210 g/mol. The molecule has 1 N–H and O–H groups in total. The fraction of sp³-hybridized carbons (Fsp3) is 1.00. The van der Waals surface area contributed by atoms with Crippen LogP contribution in [0.25, 0.3) is 0 Å². The third-order valence-electron chi connectivity index (χ3n) is 3.56. The summed E-state index contributed by atoms with van der Waals surface area (Å²) in [6, 6.07) is 0.641. The van der Waals surface area contributed by atoms with Gasteiger partial charge < -0.3 is 10.1 Å². The van der Waals surface area contributed by atoms with Crippen molar-refractivity contribution >= 4 is 0 Å². The van der Waals surface area contributed by atoms with E-state index in [0.29, 0.717) is 17.6 Å². The zero-order valence-corrected chi connectivity index (χ0v) is 12.2. The molecule has 1 saturated heterocycles. The normalized spacial score (nSPS) is 23.6. The predicted molar refractivity (Wildman–Crippen MR) is 74.4 cm³/mol. The Hall–Kier alpha value is -0.0800. The first-order valence-corrected chi connectivity index (χ1v) is 7.36. The molecule has 2 heteroatoms. The lowest BCUT2D eigenvalue weighted by atomic mass is 9.87. The highest BCUT2D eigenvalue weighted by atomic mass is 16.5. The highest BCUT2D eigenvalue weighted by Crippen LogP contribution is 2.24. The number of nitrogens with one attached hydrogen (secondary N) is 1. The fourth-order valence-corrected chi connectivity index (χ4v) is 2.51. The van der Waals surface area contributed by atoms with E-state index in [-0.39, 0.29) is 0 Å². The van der Waals surface area contributed by atoms with E-state index >= 15 is 0 Å². The van der Waals surface area contributed by atoms with Crippen LogP contribution < -0.4 is 5.32 Å². The van der Waals surface area contributed by atoms with Crippen LogP contribution in [-0.4, -0.2) is 25.3 Å². The van der Waals surface area contributed by atoms with Gasteiger partial charge in [-0.15, -0.1) is 0 Å². The van der Waals surface area contributed by atoms with Crippen LogP contribution in [0.15, 0.2) is 0 Å². The van der Waals surface area contributed by atoms with Crippen molar-refractivity contribution in [3.05, 3.63) is 0 Å². The molecule has 2 atom stereocenters. The molecule has 0 saturated carbocycles. The van der Waals surface area contributed by atoms with Crippen LogP contribution in [0.5, 0.6) is 0 Å². The molecule has 0 spiro atoms. The van der Waals surface area contributed by atoms with E-state index in [0.717, 1.165) is 13.2 Å². The molecule has 0 amide bonds. The second-order valence-corrected chi connectivity index (χ2v) is 6.58. The monoisotopic (exact) mass is 241 g/mol. The SMILES string of the molecule is CCNC(CCC(C)(C)C)CC1CCCCO1. The lowest BCUT2D eigenvalue weighted by Crippen LogP contribution is -2.35. The standard InChI is InChI=1S/C15H31NO/c1-5-16-13(9-10-15(2,3)4)12-14-8-6-7-11-17-14/h13-14,16H,5-12H2,1-4H3. The van der Waals surface area contributed by atoms with Gasteiger partial charge >= 0.3 is 0 Å². The van der Waals surface area contributed by atoms with E-state index in [9.17, 15) is 0 Å². The van der Waals surface area contributed by atoms with Crippen LogP contribution >= 0.6 is 0 Å². The second-order valence-electron chi connectivity index (χ2n) is 6.58. The molecule has 1 fully saturated rings. The van der Waals surface area contributed by atoms with Gasteiger partial charge in [-0.25, -0.2) is 0 Å². The topological polar surface area (TPSA) is 21.3 Å². The maximum Gasteiger partial charge on any atom is 0.0590 e. The molecule has 1 aliphatic heterocycles.